The Balaban J connectivity index is 3.10. The van der Waals surface area contributed by atoms with Gasteiger partial charge in [-0.1, -0.05) is 6.07 Å². The molecule has 1 rings (SSSR count). The first-order valence-corrected chi connectivity index (χ1v) is 4.44. The standard InChI is InChI=1S/C11H8F2O4/c1-17-11(16)9(15)5-8(14)10-6(12)3-2-4-7(10)13/h2-5,15H,1H3/b9-5-. The van der Waals surface area contributed by atoms with Gasteiger partial charge in [0.05, 0.1) is 12.7 Å². The maximum absolute atomic E-state index is 13.1. The summed E-state index contributed by atoms with van der Waals surface area (Å²) >= 11 is 0. The van der Waals surface area contributed by atoms with Gasteiger partial charge in [0.2, 0.25) is 5.76 Å². The molecule has 0 amide bonds. The van der Waals surface area contributed by atoms with Gasteiger partial charge < -0.3 is 9.84 Å². The number of carbonyl (C=O) groups excluding carboxylic acids is 2. The molecular weight excluding hydrogens is 234 g/mol. The number of carbonyl (C=O) groups is 2. The predicted octanol–water partition coefficient (Wildman–Crippen LogP) is 1.76. The van der Waals surface area contributed by atoms with Crippen molar-refractivity contribution in [1.82, 2.24) is 0 Å². The summed E-state index contributed by atoms with van der Waals surface area (Å²) in [4.78, 5) is 22.2. The Bertz CT molecular complexity index is 474. The van der Waals surface area contributed by atoms with Crippen LogP contribution in [-0.4, -0.2) is 24.0 Å². The number of rotatable bonds is 3. The molecule has 17 heavy (non-hydrogen) atoms. The number of ether oxygens (including phenoxy) is 1. The van der Waals surface area contributed by atoms with Crippen molar-refractivity contribution < 1.29 is 28.2 Å². The molecular formula is C11H8F2O4. The Hall–Kier alpha value is -2.24. The van der Waals surface area contributed by atoms with E-state index in [1.807, 2.05) is 0 Å². The van der Waals surface area contributed by atoms with Gasteiger partial charge >= 0.3 is 5.97 Å². The Kier molecular flexibility index (Phi) is 3.92. The summed E-state index contributed by atoms with van der Waals surface area (Å²) in [5, 5.41) is 9.05. The fourth-order valence-electron chi connectivity index (χ4n) is 1.09. The van der Waals surface area contributed by atoms with Crippen LogP contribution in [0, 0.1) is 11.6 Å². The lowest BCUT2D eigenvalue weighted by molar-refractivity contribution is -0.139. The molecule has 4 nitrogen and oxygen atoms in total. The number of esters is 1. The van der Waals surface area contributed by atoms with Crippen molar-refractivity contribution in [3.8, 4) is 0 Å². The van der Waals surface area contributed by atoms with Crippen molar-refractivity contribution in [2.24, 2.45) is 0 Å². The molecule has 0 atom stereocenters. The lowest BCUT2D eigenvalue weighted by atomic mass is 10.1. The number of hydrogen-bond donors (Lipinski definition) is 1. The highest BCUT2D eigenvalue weighted by Crippen LogP contribution is 2.13. The first kappa shape index (κ1) is 12.8. The van der Waals surface area contributed by atoms with Crippen LogP contribution in [0.25, 0.3) is 0 Å². The predicted molar refractivity (Wildman–Crippen MR) is 53.4 cm³/mol. The third-order valence-electron chi connectivity index (χ3n) is 1.87. The van der Waals surface area contributed by atoms with Gasteiger partial charge in [0, 0.05) is 6.08 Å². The van der Waals surface area contributed by atoms with E-state index in [4.69, 9.17) is 5.11 Å². The van der Waals surface area contributed by atoms with Gasteiger partial charge in [-0.05, 0) is 12.1 Å². The van der Waals surface area contributed by atoms with E-state index in [2.05, 4.69) is 4.74 Å². The molecule has 0 aromatic heterocycles. The van der Waals surface area contributed by atoms with Crippen LogP contribution in [0.15, 0.2) is 30.0 Å². The highest BCUT2D eigenvalue weighted by molar-refractivity contribution is 6.08. The summed E-state index contributed by atoms with van der Waals surface area (Å²) in [7, 11) is 0.987. The van der Waals surface area contributed by atoms with Crippen LogP contribution in [0.3, 0.4) is 0 Å². The maximum atomic E-state index is 13.1. The van der Waals surface area contributed by atoms with Crippen LogP contribution in [0.4, 0.5) is 8.78 Å². The molecule has 0 bridgehead atoms. The third-order valence-corrected chi connectivity index (χ3v) is 1.87. The normalized spacial score (nSPS) is 11.1. The number of aliphatic hydroxyl groups excluding tert-OH is 1. The summed E-state index contributed by atoms with van der Waals surface area (Å²) in [6.07, 6.45) is 0.396. The molecule has 1 aromatic carbocycles. The number of benzene rings is 1. The van der Waals surface area contributed by atoms with Crippen LogP contribution in [-0.2, 0) is 9.53 Å². The van der Waals surface area contributed by atoms with Gasteiger partial charge in [0.15, 0.2) is 5.78 Å². The lowest BCUT2D eigenvalue weighted by Gasteiger charge is -2.01. The molecule has 0 aliphatic rings. The van der Waals surface area contributed by atoms with Crippen molar-refractivity contribution in [3.05, 3.63) is 47.2 Å². The second-order valence-corrected chi connectivity index (χ2v) is 2.98. The number of ketones is 1. The minimum atomic E-state index is -1.17. The molecule has 1 aromatic rings. The minimum Gasteiger partial charge on any atom is -0.502 e. The quantitative estimate of drug-likeness (QED) is 0.379. The van der Waals surface area contributed by atoms with Crippen LogP contribution >= 0.6 is 0 Å². The zero-order valence-corrected chi connectivity index (χ0v) is 8.74. The molecule has 0 heterocycles. The SMILES string of the molecule is COC(=O)/C(O)=C/C(=O)c1c(F)cccc1F. The molecule has 6 heteroatoms. The summed E-state index contributed by atoms with van der Waals surface area (Å²) in [6, 6.07) is 2.87. The second-order valence-electron chi connectivity index (χ2n) is 2.98. The molecule has 0 unspecified atom stereocenters. The van der Waals surface area contributed by atoms with Gasteiger partial charge in [0.25, 0.3) is 0 Å². The molecule has 0 saturated carbocycles. The number of methoxy groups -OCH3 is 1. The van der Waals surface area contributed by atoms with Crippen LogP contribution in [0.5, 0.6) is 0 Å². The average Bonchev–Trinajstić information content (AvgIpc) is 2.27. The molecule has 0 saturated heterocycles. The highest BCUT2D eigenvalue weighted by Gasteiger charge is 2.17. The maximum Gasteiger partial charge on any atom is 0.373 e. The Morgan fingerprint density at radius 3 is 2.29 bits per heavy atom. The van der Waals surface area contributed by atoms with Crippen molar-refractivity contribution in [2.45, 2.75) is 0 Å². The van der Waals surface area contributed by atoms with E-state index in [0.29, 0.717) is 6.08 Å². The number of allylic oxidation sites excluding steroid dienone is 1. The summed E-state index contributed by atoms with van der Waals surface area (Å²) in [5.74, 6) is -5.52. The van der Waals surface area contributed by atoms with E-state index >= 15 is 0 Å². The second kappa shape index (κ2) is 5.20. The van der Waals surface area contributed by atoms with E-state index < -0.39 is 34.7 Å². The van der Waals surface area contributed by atoms with Crippen molar-refractivity contribution in [2.75, 3.05) is 7.11 Å². The van der Waals surface area contributed by atoms with Crippen molar-refractivity contribution in [3.63, 3.8) is 0 Å². The minimum absolute atomic E-state index is 0.396. The molecule has 90 valence electrons. The van der Waals surface area contributed by atoms with Crippen LogP contribution < -0.4 is 0 Å². The first-order chi connectivity index (χ1) is 7.97. The van der Waals surface area contributed by atoms with Gasteiger partial charge in [-0.3, -0.25) is 4.79 Å². The fraction of sp³-hybridized carbons (Fsp3) is 0.0909. The van der Waals surface area contributed by atoms with Gasteiger partial charge in [-0.2, -0.15) is 0 Å². The van der Waals surface area contributed by atoms with E-state index in [1.165, 1.54) is 0 Å². The van der Waals surface area contributed by atoms with E-state index in [0.717, 1.165) is 25.3 Å². The highest BCUT2D eigenvalue weighted by atomic mass is 19.1. The van der Waals surface area contributed by atoms with Crippen molar-refractivity contribution >= 4 is 11.8 Å². The number of aliphatic hydroxyl groups is 1. The van der Waals surface area contributed by atoms with E-state index in [-0.39, 0.29) is 0 Å². The van der Waals surface area contributed by atoms with Crippen LogP contribution in [0.2, 0.25) is 0 Å². The molecule has 0 aliphatic carbocycles. The molecule has 0 radical (unpaired) electrons. The number of halogens is 2. The number of hydrogen-bond acceptors (Lipinski definition) is 4. The van der Waals surface area contributed by atoms with Crippen molar-refractivity contribution in [1.29, 1.82) is 0 Å². The Morgan fingerprint density at radius 1 is 1.29 bits per heavy atom. The first-order valence-electron chi connectivity index (χ1n) is 4.44. The third kappa shape index (κ3) is 2.87. The van der Waals surface area contributed by atoms with E-state index in [1.54, 1.807) is 0 Å². The smallest absolute Gasteiger partial charge is 0.373 e. The molecule has 0 aliphatic heterocycles. The summed E-state index contributed by atoms with van der Waals surface area (Å²) < 4.78 is 30.4. The van der Waals surface area contributed by atoms with E-state index in [9.17, 15) is 18.4 Å². The molecule has 0 fully saturated rings. The molecule has 1 N–H and O–H groups in total. The average molecular weight is 242 g/mol. The fourth-order valence-corrected chi connectivity index (χ4v) is 1.09. The van der Waals surface area contributed by atoms with Crippen LogP contribution in [0.1, 0.15) is 10.4 Å². The molecule has 0 spiro atoms. The van der Waals surface area contributed by atoms with Gasteiger partial charge in [-0.15, -0.1) is 0 Å². The Morgan fingerprint density at radius 2 is 1.82 bits per heavy atom. The lowest BCUT2D eigenvalue weighted by Crippen LogP contribution is -2.09. The summed E-state index contributed by atoms with van der Waals surface area (Å²) in [6.45, 7) is 0. The zero-order chi connectivity index (χ0) is 13.0. The largest absolute Gasteiger partial charge is 0.502 e. The summed E-state index contributed by atoms with van der Waals surface area (Å²) in [5.41, 5.74) is -0.844. The zero-order valence-electron chi connectivity index (χ0n) is 8.74. The Labute approximate surface area is 95.1 Å². The van der Waals surface area contributed by atoms with Gasteiger partial charge in [0.1, 0.15) is 11.6 Å². The topological polar surface area (TPSA) is 63.6 Å². The monoisotopic (exact) mass is 242 g/mol. The van der Waals surface area contributed by atoms with Gasteiger partial charge in [-0.25, -0.2) is 13.6 Å².